The van der Waals surface area contributed by atoms with E-state index in [2.05, 4.69) is 47.6 Å². The third-order valence-electron chi connectivity index (χ3n) is 3.01. The summed E-state index contributed by atoms with van der Waals surface area (Å²) in [5.74, 6) is 0. The van der Waals surface area contributed by atoms with Gasteiger partial charge >= 0.3 is 7.12 Å². The molecular formula is C14H23BO2. The van der Waals surface area contributed by atoms with Crippen molar-refractivity contribution in [1.82, 2.24) is 0 Å². The van der Waals surface area contributed by atoms with Crippen molar-refractivity contribution in [1.29, 1.82) is 0 Å². The molecule has 17 heavy (non-hydrogen) atoms. The van der Waals surface area contributed by atoms with Crippen molar-refractivity contribution in [3.8, 4) is 0 Å². The van der Waals surface area contributed by atoms with E-state index in [1.165, 1.54) is 5.56 Å². The molecule has 1 aromatic rings. The predicted molar refractivity (Wildman–Crippen MR) is 73.7 cm³/mol. The first-order valence-electron chi connectivity index (χ1n) is 6.04. The highest BCUT2D eigenvalue weighted by atomic mass is 16.4. The summed E-state index contributed by atoms with van der Waals surface area (Å²) in [4.78, 5) is 0. The van der Waals surface area contributed by atoms with E-state index in [4.69, 9.17) is 0 Å². The highest BCUT2D eigenvalue weighted by Crippen LogP contribution is 2.27. The Morgan fingerprint density at radius 1 is 0.882 bits per heavy atom. The molecule has 1 aromatic carbocycles. The van der Waals surface area contributed by atoms with Crippen LogP contribution in [0.15, 0.2) is 18.2 Å². The molecule has 0 unspecified atom stereocenters. The van der Waals surface area contributed by atoms with Crippen LogP contribution in [0.4, 0.5) is 0 Å². The molecule has 0 fully saturated rings. The van der Waals surface area contributed by atoms with Crippen LogP contribution in [0.25, 0.3) is 0 Å². The normalized spacial score (nSPS) is 12.7. The molecule has 0 aliphatic rings. The first-order chi connectivity index (χ1) is 7.53. The fourth-order valence-corrected chi connectivity index (χ4v) is 1.90. The maximum absolute atomic E-state index is 9.42. The van der Waals surface area contributed by atoms with Gasteiger partial charge in [0.05, 0.1) is 0 Å². The maximum Gasteiger partial charge on any atom is 0.488 e. The van der Waals surface area contributed by atoms with Crippen molar-refractivity contribution in [2.75, 3.05) is 0 Å². The van der Waals surface area contributed by atoms with E-state index >= 15 is 0 Å². The molecule has 0 aromatic heterocycles. The first-order valence-corrected chi connectivity index (χ1v) is 6.04. The topological polar surface area (TPSA) is 40.5 Å². The van der Waals surface area contributed by atoms with E-state index in [0.717, 1.165) is 5.56 Å². The van der Waals surface area contributed by atoms with Gasteiger partial charge in [-0.25, -0.2) is 0 Å². The second-order valence-electron chi connectivity index (χ2n) is 6.68. The molecule has 0 bridgehead atoms. The van der Waals surface area contributed by atoms with Crippen molar-refractivity contribution >= 4 is 12.6 Å². The summed E-state index contributed by atoms with van der Waals surface area (Å²) in [6.45, 7) is 12.7. The van der Waals surface area contributed by atoms with Gasteiger partial charge in [-0.3, -0.25) is 0 Å². The largest absolute Gasteiger partial charge is 0.488 e. The zero-order chi connectivity index (χ0) is 13.4. The van der Waals surface area contributed by atoms with Crippen LogP contribution in [-0.4, -0.2) is 17.2 Å². The third kappa shape index (κ3) is 3.33. The smallest absolute Gasteiger partial charge is 0.423 e. The average molecular weight is 234 g/mol. The fourth-order valence-electron chi connectivity index (χ4n) is 1.90. The summed E-state index contributed by atoms with van der Waals surface area (Å²) in [5, 5.41) is 18.8. The molecule has 0 aliphatic heterocycles. The van der Waals surface area contributed by atoms with E-state index < -0.39 is 7.12 Å². The van der Waals surface area contributed by atoms with Gasteiger partial charge in [0.2, 0.25) is 0 Å². The Morgan fingerprint density at radius 3 is 1.76 bits per heavy atom. The molecule has 0 heterocycles. The highest BCUT2D eigenvalue weighted by Gasteiger charge is 2.26. The first kappa shape index (κ1) is 14.3. The molecule has 0 aliphatic carbocycles. The van der Waals surface area contributed by atoms with Gasteiger partial charge in [0, 0.05) is 0 Å². The van der Waals surface area contributed by atoms with Crippen LogP contribution in [0.2, 0.25) is 0 Å². The lowest BCUT2D eigenvalue weighted by molar-refractivity contribution is 0.423. The summed E-state index contributed by atoms with van der Waals surface area (Å²) >= 11 is 0. The van der Waals surface area contributed by atoms with E-state index in [9.17, 15) is 10.0 Å². The van der Waals surface area contributed by atoms with Crippen LogP contribution in [0.5, 0.6) is 0 Å². The summed E-state index contributed by atoms with van der Waals surface area (Å²) in [6, 6.07) is 5.89. The molecule has 0 saturated carbocycles. The molecule has 0 atom stereocenters. The maximum atomic E-state index is 9.42. The lowest BCUT2D eigenvalue weighted by Crippen LogP contribution is -2.37. The number of benzene rings is 1. The monoisotopic (exact) mass is 234 g/mol. The van der Waals surface area contributed by atoms with Gasteiger partial charge in [-0.15, -0.1) is 0 Å². The van der Waals surface area contributed by atoms with Gasteiger partial charge in [0.15, 0.2) is 0 Å². The summed E-state index contributed by atoms with van der Waals surface area (Å²) in [6.07, 6.45) is 0. The fraction of sp³-hybridized carbons (Fsp3) is 0.571. The Bertz CT molecular complexity index is 398. The Labute approximate surface area is 105 Å². The minimum absolute atomic E-state index is 0.0684. The molecule has 0 saturated heterocycles. The lowest BCUT2D eigenvalue weighted by Gasteiger charge is -2.27. The van der Waals surface area contributed by atoms with Crippen LogP contribution in [0, 0.1) is 0 Å². The van der Waals surface area contributed by atoms with E-state index in [-0.39, 0.29) is 10.8 Å². The number of hydrogen-bond acceptors (Lipinski definition) is 2. The predicted octanol–water partition coefficient (Wildman–Crippen LogP) is 1.96. The van der Waals surface area contributed by atoms with Crippen molar-refractivity contribution in [2.45, 2.75) is 52.4 Å². The van der Waals surface area contributed by atoms with Crippen LogP contribution >= 0.6 is 0 Å². The van der Waals surface area contributed by atoms with Gasteiger partial charge in [-0.2, -0.15) is 0 Å². The van der Waals surface area contributed by atoms with E-state index in [1.54, 1.807) is 0 Å². The summed E-state index contributed by atoms with van der Waals surface area (Å²) in [5.41, 5.74) is 2.79. The standard InChI is InChI=1S/C14H23BO2/c1-13(2,3)10-7-8-12(15(16)17)11(9-10)14(4,5)6/h7-9,16-17H,1-6H3. The Kier molecular flexibility index (Phi) is 3.75. The highest BCUT2D eigenvalue weighted by molar-refractivity contribution is 6.59. The van der Waals surface area contributed by atoms with Crippen LogP contribution in [0.1, 0.15) is 52.7 Å². The molecule has 0 radical (unpaired) electrons. The SMILES string of the molecule is CC(C)(C)c1ccc(B(O)O)c(C(C)(C)C)c1. The van der Waals surface area contributed by atoms with Gasteiger partial charge in [-0.05, 0) is 27.4 Å². The average Bonchev–Trinajstić information content (AvgIpc) is 2.14. The molecule has 3 heteroatoms. The second-order valence-corrected chi connectivity index (χ2v) is 6.68. The Morgan fingerprint density at radius 2 is 1.41 bits per heavy atom. The number of hydrogen-bond donors (Lipinski definition) is 2. The zero-order valence-corrected chi connectivity index (χ0v) is 11.7. The quantitative estimate of drug-likeness (QED) is 0.729. The molecule has 94 valence electrons. The van der Waals surface area contributed by atoms with Crippen LogP contribution < -0.4 is 5.46 Å². The van der Waals surface area contributed by atoms with Gasteiger partial charge in [0.1, 0.15) is 0 Å². The number of rotatable bonds is 1. The summed E-state index contributed by atoms with van der Waals surface area (Å²) in [7, 11) is -1.40. The van der Waals surface area contributed by atoms with Gasteiger partial charge < -0.3 is 10.0 Å². The van der Waals surface area contributed by atoms with Crippen LogP contribution in [-0.2, 0) is 10.8 Å². The molecule has 2 nitrogen and oxygen atoms in total. The van der Waals surface area contributed by atoms with Crippen LogP contribution in [0.3, 0.4) is 0 Å². The Hall–Kier alpha value is -0.795. The van der Waals surface area contributed by atoms with Crippen molar-refractivity contribution in [3.63, 3.8) is 0 Å². The minimum Gasteiger partial charge on any atom is -0.423 e. The minimum atomic E-state index is -1.40. The summed E-state index contributed by atoms with van der Waals surface area (Å²) < 4.78 is 0. The Balaban J connectivity index is 3.41. The molecule has 0 spiro atoms. The second kappa shape index (κ2) is 4.47. The molecule has 1 rings (SSSR count). The van der Waals surface area contributed by atoms with E-state index in [0.29, 0.717) is 5.46 Å². The van der Waals surface area contributed by atoms with E-state index in [1.807, 2.05) is 12.1 Å². The van der Waals surface area contributed by atoms with Crippen molar-refractivity contribution in [3.05, 3.63) is 29.3 Å². The zero-order valence-electron chi connectivity index (χ0n) is 11.7. The van der Waals surface area contributed by atoms with Gasteiger partial charge in [0.25, 0.3) is 0 Å². The molecule has 0 amide bonds. The van der Waals surface area contributed by atoms with Gasteiger partial charge in [-0.1, -0.05) is 59.7 Å². The third-order valence-corrected chi connectivity index (χ3v) is 3.01. The lowest BCUT2D eigenvalue weighted by atomic mass is 9.68. The molecular weight excluding hydrogens is 211 g/mol. The van der Waals surface area contributed by atoms with Crippen molar-refractivity contribution < 1.29 is 10.0 Å². The van der Waals surface area contributed by atoms with Crippen molar-refractivity contribution in [2.24, 2.45) is 0 Å². The molecule has 2 N–H and O–H groups in total.